The maximum absolute atomic E-state index is 12.7. The summed E-state index contributed by atoms with van der Waals surface area (Å²) < 4.78 is 1.68. The number of rotatable bonds is 4. The summed E-state index contributed by atoms with van der Waals surface area (Å²) in [6, 6.07) is 13.1. The third-order valence-corrected chi connectivity index (χ3v) is 4.11. The number of halogens is 1. The van der Waals surface area contributed by atoms with Crippen molar-refractivity contribution >= 4 is 17.5 Å². The number of nitrogens with zero attached hydrogens (tertiary/aromatic N) is 4. The van der Waals surface area contributed by atoms with Gasteiger partial charge >= 0.3 is 0 Å². The van der Waals surface area contributed by atoms with E-state index in [2.05, 4.69) is 10.1 Å². The Morgan fingerprint density at radius 3 is 2.67 bits per heavy atom. The highest BCUT2D eigenvalue weighted by atomic mass is 35.5. The van der Waals surface area contributed by atoms with Gasteiger partial charge in [0.25, 0.3) is 5.91 Å². The molecular formula is C18H17ClN4O. The zero-order valence-corrected chi connectivity index (χ0v) is 14.2. The van der Waals surface area contributed by atoms with Crippen LogP contribution < -0.4 is 0 Å². The lowest BCUT2D eigenvalue weighted by Crippen LogP contribution is -2.27. The van der Waals surface area contributed by atoms with Crippen LogP contribution in [-0.4, -0.2) is 32.6 Å². The summed E-state index contributed by atoms with van der Waals surface area (Å²) in [7, 11) is 1.75. The van der Waals surface area contributed by atoms with Crippen molar-refractivity contribution in [1.82, 2.24) is 19.7 Å². The zero-order valence-electron chi connectivity index (χ0n) is 13.5. The Morgan fingerprint density at radius 2 is 1.96 bits per heavy atom. The number of pyridine rings is 1. The van der Waals surface area contributed by atoms with Crippen molar-refractivity contribution in [2.24, 2.45) is 0 Å². The third-order valence-electron chi connectivity index (χ3n) is 3.79. The number of amides is 1. The van der Waals surface area contributed by atoms with Crippen molar-refractivity contribution in [1.29, 1.82) is 0 Å². The first-order chi connectivity index (χ1) is 11.6. The molecule has 0 saturated heterocycles. The van der Waals surface area contributed by atoms with Gasteiger partial charge in [0.15, 0.2) is 0 Å². The lowest BCUT2D eigenvalue weighted by Gasteiger charge is -2.16. The molecule has 0 radical (unpaired) electrons. The lowest BCUT2D eigenvalue weighted by atomic mass is 10.2. The van der Waals surface area contributed by atoms with Gasteiger partial charge in [-0.15, -0.1) is 0 Å². The predicted octanol–water partition coefficient (Wildman–Crippen LogP) is 3.50. The molecule has 3 aromatic rings. The molecule has 2 aromatic heterocycles. The third kappa shape index (κ3) is 3.16. The molecule has 0 spiro atoms. The molecule has 0 aliphatic carbocycles. The number of hydrogen-bond acceptors (Lipinski definition) is 3. The van der Waals surface area contributed by atoms with E-state index < -0.39 is 0 Å². The Morgan fingerprint density at radius 1 is 1.21 bits per heavy atom. The van der Waals surface area contributed by atoms with Crippen molar-refractivity contribution in [3.63, 3.8) is 0 Å². The molecule has 5 nitrogen and oxygen atoms in total. The van der Waals surface area contributed by atoms with Crippen LogP contribution in [0, 0.1) is 6.92 Å². The Hall–Kier alpha value is -2.66. The summed E-state index contributed by atoms with van der Waals surface area (Å²) in [5, 5.41) is 4.91. The topological polar surface area (TPSA) is 51.0 Å². The minimum absolute atomic E-state index is 0.101. The van der Waals surface area contributed by atoms with Crippen LogP contribution in [0.2, 0.25) is 5.02 Å². The highest BCUT2D eigenvalue weighted by molar-refractivity contribution is 6.32. The minimum atomic E-state index is -0.101. The molecule has 122 valence electrons. The normalized spacial score (nSPS) is 10.6. The Kier molecular flexibility index (Phi) is 4.62. The van der Waals surface area contributed by atoms with Crippen LogP contribution in [0.25, 0.3) is 5.69 Å². The van der Waals surface area contributed by atoms with Gasteiger partial charge in [-0.1, -0.05) is 29.8 Å². The van der Waals surface area contributed by atoms with Gasteiger partial charge in [0.1, 0.15) is 0 Å². The van der Waals surface area contributed by atoms with E-state index in [-0.39, 0.29) is 5.91 Å². The second kappa shape index (κ2) is 6.84. The van der Waals surface area contributed by atoms with Crippen LogP contribution in [0.3, 0.4) is 0 Å². The Bertz CT molecular complexity index is 860. The molecule has 0 aliphatic heterocycles. The highest BCUT2D eigenvalue weighted by Gasteiger charge is 2.19. The predicted molar refractivity (Wildman–Crippen MR) is 93.3 cm³/mol. The van der Waals surface area contributed by atoms with Crippen molar-refractivity contribution in [2.75, 3.05) is 7.05 Å². The maximum atomic E-state index is 12.7. The van der Waals surface area contributed by atoms with Gasteiger partial charge in [0, 0.05) is 13.2 Å². The van der Waals surface area contributed by atoms with Crippen LogP contribution in [0.5, 0.6) is 0 Å². The summed E-state index contributed by atoms with van der Waals surface area (Å²) in [6.07, 6.45) is 3.30. The molecule has 2 heterocycles. The van der Waals surface area contributed by atoms with Gasteiger partial charge in [-0.05, 0) is 31.2 Å². The van der Waals surface area contributed by atoms with Gasteiger partial charge in [-0.2, -0.15) is 5.10 Å². The minimum Gasteiger partial charge on any atom is -0.336 e. The molecule has 0 saturated carbocycles. The first-order valence-corrected chi connectivity index (χ1v) is 7.90. The Labute approximate surface area is 145 Å². The number of aromatic nitrogens is 3. The number of para-hydroxylation sites is 1. The molecule has 6 heteroatoms. The van der Waals surface area contributed by atoms with Gasteiger partial charge in [0.05, 0.1) is 40.4 Å². The summed E-state index contributed by atoms with van der Waals surface area (Å²) in [6.45, 7) is 2.30. The van der Waals surface area contributed by atoms with Crippen LogP contribution in [-0.2, 0) is 6.54 Å². The quantitative estimate of drug-likeness (QED) is 0.730. The molecule has 1 aromatic carbocycles. The van der Waals surface area contributed by atoms with Crippen LogP contribution in [0.1, 0.15) is 21.7 Å². The molecule has 0 aliphatic rings. The lowest BCUT2D eigenvalue weighted by molar-refractivity contribution is 0.0782. The summed E-state index contributed by atoms with van der Waals surface area (Å²) in [5.74, 6) is -0.101. The zero-order chi connectivity index (χ0) is 17.1. The molecule has 0 bridgehead atoms. The van der Waals surface area contributed by atoms with Gasteiger partial charge < -0.3 is 4.90 Å². The fraction of sp³-hybridized carbons (Fsp3) is 0.167. The summed E-state index contributed by atoms with van der Waals surface area (Å²) >= 11 is 6.23. The Balaban J connectivity index is 1.85. The number of hydrogen-bond donors (Lipinski definition) is 0. The van der Waals surface area contributed by atoms with Crippen molar-refractivity contribution in [3.8, 4) is 5.69 Å². The number of carbonyl (C=O) groups is 1. The van der Waals surface area contributed by atoms with Crippen molar-refractivity contribution in [2.45, 2.75) is 13.5 Å². The average Bonchev–Trinajstić information content (AvgIpc) is 2.97. The van der Waals surface area contributed by atoms with Crippen LogP contribution in [0.15, 0.2) is 54.9 Å². The van der Waals surface area contributed by atoms with Crippen molar-refractivity contribution in [3.05, 3.63) is 76.8 Å². The van der Waals surface area contributed by atoms with E-state index in [1.807, 2.05) is 43.3 Å². The summed E-state index contributed by atoms with van der Waals surface area (Å²) in [4.78, 5) is 18.6. The smallest absolute Gasteiger partial charge is 0.257 e. The van der Waals surface area contributed by atoms with E-state index in [4.69, 9.17) is 11.6 Å². The molecule has 0 unspecified atom stereocenters. The molecule has 1 amide bonds. The molecule has 3 rings (SSSR count). The molecule has 0 fully saturated rings. The standard InChI is InChI=1S/C18H17ClN4O/c1-13-15(11-21-23(13)17-9-4-3-8-16(17)19)18(24)22(2)12-14-7-5-6-10-20-14/h3-11H,12H2,1-2H3. The summed E-state index contributed by atoms with van der Waals surface area (Å²) in [5.41, 5.74) is 2.89. The maximum Gasteiger partial charge on any atom is 0.257 e. The SMILES string of the molecule is Cc1c(C(=O)N(C)Cc2ccccn2)cnn1-c1ccccc1Cl. The molecule has 0 atom stereocenters. The monoisotopic (exact) mass is 340 g/mol. The average molecular weight is 341 g/mol. The van der Waals surface area contributed by atoms with E-state index in [0.29, 0.717) is 17.1 Å². The van der Waals surface area contributed by atoms with Crippen LogP contribution >= 0.6 is 11.6 Å². The van der Waals surface area contributed by atoms with E-state index in [1.54, 1.807) is 35.1 Å². The van der Waals surface area contributed by atoms with Gasteiger partial charge in [-0.3, -0.25) is 9.78 Å². The van der Waals surface area contributed by atoms with Crippen LogP contribution in [0.4, 0.5) is 0 Å². The fourth-order valence-electron chi connectivity index (χ4n) is 2.50. The molecular weight excluding hydrogens is 324 g/mol. The van der Waals surface area contributed by atoms with Gasteiger partial charge in [0.2, 0.25) is 0 Å². The van der Waals surface area contributed by atoms with E-state index >= 15 is 0 Å². The van der Waals surface area contributed by atoms with E-state index in [9.17, 15) is 4.79 Å². The van der Waals surface area contributed by atoms with Crippen molar-refractivity contribution < 1.29 is 4.79 Å². The molecule has 0 N–H and O–H groups in total. The first kappa shape index (κ1) is 16.2. The second-order valence-corrected chi connectivity index (χ2v) is 5.90. The van der Waals surface area contributed by atoms with E-state index in [1.165, 1.54) is 0 Å². The first-order valence-electron chi connectivity index (χ1n) is 7.53. The number of carbonyl (C=O) groups excluding carboxylic acids is 1. The number of benzene rings is 1. The largest absolute Gasteiger partial charge is 0.336 e. The van der Waals surface area contributed by atoms with Gasteiger partial charge in [-0.25, -0.2) is 4.68 Å². The second-order valence-electron chi connectivity index (χ2n) is 5.49. The highest BCUT2D eigenvalue weighted by Crippen LogP contribution is 2.22. The van der Waals surface area contributed by atoms with E-state index in [0.717, 1.165) is 17.1 Å². The fourth-order valence-corrected chi connectivity index (χ4v) is 2.71. The molecule has 24 heavy (non-hydrogen) atoms.